The molecule has 0 bridgehead atoms. The van der Waals surface area contributed by atoms with Crippen molar-refractivity contribution in [2.45, 2.75) is 32.6 Å². The highest BCUT2D eigenvalue weighted by Gasteiger charge is 2.10. The molecule has 7 heteroatoms. The minimum atomic E-state index is -1.11. The van der Waals surface area contributed by atoms with Crippen molar-refractivity contribution < 1.29 is 30.4 Å². The zero-order valence-corrected chi connectivity index (χ0v) is 11.8. The fourth-order valence-electron chi connectivity index (χ4n) is 1.27. The molecule has 1 heterocycles. The number of amides is 1. The van der Waals surface area contributed by atoms with Crippen LogP contribution in [0.5, 0.6) is 0 Å². The minimum absolute atomic E-state index is 0. The molecule has 7 nitrogen and oxygen atoms in total. The van der Waals surface area contributed by atoms with E-state index in [2.05, 4.69) is 17.0 Å². The Morgan fingerprint density at radius 2 is 1.81 bits per heavy atom. The third kappa shape index (κ3) is 12.3. The van der Waals surface area contributed by atoms with Crippen molar-refractivity contribution >= 4 is 23.8 Å². The van der Waals surface area contributed by atoms with Crippen molar-refractivity contribution in [1.82, 2.24) is 5.32 Å². The first-order chi connectivity index (χ1) is 9.95. The lowest BCUT2D eigenvalue weighted by molar-refractivity contribution is -0.150. The molecule has 0 fully saturated rings. The summed E-state index contributed by atoms with van der Waals surface area (Å²) in [6.45, 7) is 2.73. The number of hydrogen-bond donors (Lipinski definition) is 2. The summed E-state index contributed by atoms with van der Waals surface area (Å²) in [7, 11) is 0. The van der Waals surface area contributed by atoms with E-state index < -0.39 is 17.9 Å². The number of unbranched alkanes of at least 4 members (excludes halogenated alkanes) is 3. The Morgan fingerprint density at radius 1 is 1.19 bits per heavy atom. The number of ether oxygens (including phenoxy) is 1. The van der Waals surface area contributed by atoms with Gasteiger partial charge in [0.15, 0.2) is 0 Å². The van der Waals surface area contributed by atoms with Crippen LogP contribution in [0.4, 0.5) is 0 Å². The summed E-state index contributed by atoms with van der Waals surface area (Å²) in [5.74, 6) is -2.61. The second-order valence-corrected chi connectivity index (χ2v) is 4.10. The van der Waals surface area contributed by atoms with E-state index in [1.165, 1.54) is 6.42 Å². The number of cyclic esters (lactones) is 2. The molecule has 0 spiro atoms. The summed E-state index contributed by atoms with van der Waals surface area (Å²) < 4.78 is 3.97. The van der Waals surface area contributed by atoms with E-state index in [-0.39, 0.29) is 7.33 Å². The third-order valence-electron chi connectivity index (χ3n) is 2.26. The first-order valence-electron chi connectivity index (χ1n) is 6.58. The summed E-state index contributed by atoms with van der Waals surface area (Å²) in [4.78, 5) is 40.8. The summed E-state index contributed by atoms with van der Waals surface area (Å²) in [6.07, 6.45) is 8.40. The van der Waals surface area contributed by atoms with E-state index in [1.54, 1.807) is 0 Å². The molecule has 2 N–H and O–H groups in total. The van der Waals surface area contributed by atoms with Crippen LogP contribution in [-0.2, 0) is 23.9 Å². The van der Waals surface area contributed by atoms with Gasteiger partial charge in [-0.2, -0.15) is 0 Å². The van der Waals surface area contributed by atoms with Crippen molar-refractivity contribution in [2.24, 2.45) is 0 Å². The van der Waals surface area contributed by atoms with Crippen LogP contribution in [0.3, 0.4) is 0 Å². The van der Waals surface area contributed by atoms with Gasteiger partial charge in [-0.1, -0.05) is 26.2 Å². The van der Waals surface area contributed by atoms with Gasteiger partial charge in [0.05, 0.1) is 0 Å². The van der Waals surface area contributed by atoms with Crippen molar-refractivity contribution in [1.29, 1.82) is 0 Å². The number of carboxylic acids is 1. The Kier molecular flexibility index (Phi) is 10.1. The lowest BCUT2D eigenvalue weighted by Crippen LogP contribution is -2.22. The molecule has 0 unspecified atom stereocenters. The van der Waals surface area contributed by atoms with Crippen LogP contribution < -0.4 is 5.32 Å². The summed E-state index contributed by atoms with van der Waals surface area (Å²) in [6, 6.07) is 0. The van der Waals surface area contributed by atoms with Crippen LogP contribution in [-0.4, -0.2) is 35.5 Å². The van der Waals surface area contributed by atoms with Gasteiger partial charge >= 0.3 is 17.9 Å². The minimum Gasteiger partial charge on any atom is -0.478 e. The van der Waals surface area contributed by atoms with Crippen molar-refractivity contribution in [2.75, 3.05) is 6.54 Å². The molecule has 1 amide bonds. The lowest BCUT2D eigenvalue weighted by atomic mass is 10.2. The Labute approximate surface area is 124 Å². The van der Waals surface area contributed by atoms with Crippen LogP contribution in [0.1, 0.15) is 34.0 Å². The van der Waals surface area contributed by atoms with E-state index in [1.807, 2.05) is 0 Å². The number of carbonyl (C=O) groups is 4. The molecule has 0 saturated carbocycles. The molecule has 0 atom stereocenters. The standard InChI is InChI=1S/C10H17NO3.C4H2O3.H2/c1-2-3-4-5-8-11-9(12)6-7-10(13)14;5-3-1-2-4(6)7-3;/h6-7H,2-5,8H2,1H3,(H,11,12)(H,13,14);1-2H;1H/b7-6-;;/i;;1+1. The molecule has 0 saturated heterocycles. The number of aliphatic carboxylic acids is 1. The largest absolute Gasteiger partial charge is 0.478 e. The van der Waals surface area contributed by atoms with Crippen LogP contribution in [0.25, 0.3) is 0 Å². The van der Waals surface area contributed by atoms with E-state index in [0.717, 1.165) is 43.6 Å². The van der Waals surface area contributed by atoms with Gasteiger partial charge in [-0.05, 0) is 6.42 Å². The predicted octanol–water partition coefficient (Wildman–Crippen LogP) is 1.20. The van der Waals surface area contributed by atoms with Gasteiger partial charge in [0.2, 0.25) is 5.91 Å². The van der Waals surface area contributed by atoms with Crippen molar-refractivity contribution in [3.63, 3.8) is 0 Å². The maximum Gasteiger partial charge on any atom is 0.338 e. The summed E-state index contributed by atoms with van der Waals surface area (Å²) >= 11 is 0. The van der Waals surface area contributed by atoms with Crippen molar-refractivity contribution in [3.05, 3.63) is 24.3 Å². The van der Waals surface area contributed by atoms with Gasteiger partial charge in [0.1, 0.15) is 0 Å². The zero-order valence-electron chi connectivity index (χ0n) is 11.8. The number of esters is 2. The summed E-state index contributed by atoms with van der Waals surface area (Å²) in [5.41, 5.74) is 0. The lowest BCUT2D eigenvalue weighted by Gasteiger charge is -2.00. The fraction of sp³-hybridized carbons (Fsp3) is 0.429. The molecule has 0 radical (unpaired) electrons. The molecular weight excluding hydrogens is 278 g/mol. The van der Waals surface area contributed by atoms with Crippen LogP contribution in [0, 0.1) is 0 Å². The molecule has 0 aromatic carbocycles. The zero-order chi connectivity index (χ0) is 16.1. The first kappa shape index (κ1) is 18.6. The third-order valence-corrected chi connectivity index (χ3v) is 2.26. The quantitative estimate of drug-likeness (QED) is 0.316. The maximum absolute atomic E-state index is 10.9. The molecule has 21 heavy (non-hydrogen) atoms. The van der Waals surface area contributed by atoms with Gasteiger partial charge in [-0.15, -0.1) is 0 Å². The van der Waals surface area contributed by atoms with E-state index in [0.29, 0.717) is 6.54 Å². The molecule has 118 valence electrons. The maximum atomic E-state index is 10.9. The second-order valence-electron chi connectivity index (χ2n) is 4.10. The van der Waals surface area contributed by atoms with E-state index >= 15 is 0 Å². The van der Waals surface area contributed by atoms with Crippen LogP contribution in [0.15, 0.2) is 24.3 Å². The summed E-state index contributed by atoms with van der Waals surface area (Å²) in [5, 5.41) is 10.8. The van der Waals surface area contributed by atoms with Crippen LogP contribution in [0.2, 0.25) is 0 Å². The average Bonchev–Trinajstić information content (AvgIpc) is 2.80. The molecule has 1 aliphatic heterocycles. The number of rotatable bonds is 7. The highest BCUT2D eigenvalue weighted by molar-refractivity contribution is 6.04. The Morgan fingerprint density at radius 3 is 2.24 bits per heavy atom. The van der Waals surface area contributed by atoms with E-state index in [9.17, 15) is 19.2 Å². The average molecular weight is 300 g/mol. The Hall–Kier alpha value is -2.44. The molecule has 0 aromatic rings. The number of nitrogens with one attached hydrogen (secondary N) is 1. The molecule has 0 aromatic heterocycles. The highest BCUT2D eigenvalue weighted by atomic mass is 16.6. The molecule has 1 aliphatic rings. The highest BCUT2D eigenvalue weighted by Crippen LogP contribution is 1.96. The normalized spacial score (nSPS) is 12.8. The number of hydrogen-bond acceptors (Lipinski definition) is 5. The topological polar surface area (TPSA) is 110 Å². The van der Waals surface area contributed by atoms with Crippen molar-refractivity contribution in [3.8, 4) is 0 Å². The second kappa shape index (κ2) is 11.4. The Balaban J connectivity index is 0. The van der Waals surface area contributed by atoms with Gasteiger partial charge in [0, 0.05) is 32.3 Å². The first-order valence-corrected chi connectivity index (χ1v) is 6.58. The fourth-order valence-corrected chi connectivity index (χ4v) is 1.27. The van der Waals surface area contributed by atoms with E-state index in [4.69, 9.17) is 5.11 Å². The SMILES string of the molecule is CCCCCCNC(=O)/C=C\C(=O)O.O=C1C=CC(=O)O1.[2HH]. The monoisotopic (exact) mass is 300 g/mol. The molecule has 1 rings (SSSR count). The predicted molar refractivity (Wildman–Crippen MR) is 76.3 cm³/mol. The number of carboxylic acid groups (broad SMARTS) is 1. The molecular formula is C14H21NO6. The van der Waals surface area contributed by atoms with Gasteiger partial charge in [0.25, 0.3) is 0 Å². The smallest absolute Gasteiger partial charge is 0.338 e. The van der Waals surface area contributed by atoms with Crippen LogP contribution >= 0.6 is 0 Å². The van der Waals surface area contributed by atoms with Gasteiger partial charge in [-0.25, -0.2) is 14.4 Å². The molecule has 0 aliphatic carbocycles. The van der Waals surface area contributed by atoms with Gasteiger partial charge < -0.3 is 15.2 Å². The number of carbonyl (C=O) groups excluding carboxylic acids is 3. The Bertz CT molecular complexity index is 429. The van der Waals surface area contributed by atoms with Gasteiger partial charge in [-0.3, -0.25) is 4.79 Å².